The Kier molecular flexibility index (Phi) is 2.75. The lowest BCUT2D eigenvalue weighted by atomic mass is 9.79. The first kappa shape index (κ1) is 14.8. The van der Waals surface area contributed by atoms with Gasteiger partial charge in [-0.15, -0.1) is 0 Å². The van der Waals surface area contributed by atoms with E-state index in [1.807, 2.05) is 0 Å². The maximum atomic E-state index is 5.82. The van der Waals surface area contributed by atoms with E-state index in [-0.39, 0.29) is 12.2 Å². The highest BCUT2D eigenvalue weighted by molar-refractivity contribution is 5.99. The molecule has 0 radical (unpaired) electrons. The quantitative estimate of drug-likeness (QED) is 0.229. The van der Waals surface area contributed by atoms with Gasteiger partial charge in [0.25, 0.3) is 0 Å². The first-order chi connectivity index (χ1) is 13.8. The molecule has 28 heavy (non-hydrogen) atoms. The van der Waals surface area contributed by atoms with Gasteiger partial charge in [0.05, 0.1) is 0 Å². The molecule has 2 nitrogen and oxygen atoms in total. The maximum absolute atomic E-state index is 5.82. The highest BCUT2D eigenvalue weighted by Gasteiger charge is 2.40. The number of benzene rings is 5. The Bertz CT molecular complexity index is 1320. The van der Waals surface area contributed by atoms with E-state index in [0.29, 0.717) is 0 Å². The molecule has 132 valence electrons. The summed E-state index contributed by atoms with van der Waals surface area (Å²) in [7, 11) is 0. The van der Waals surface area contributed by atoms with E-state index in [9.17, 15) is 0 Å². The SMILES string of the molecule is c1ccc2cc3c(cc2c1)C1OOC3c2cc3cc4ccccc4cc3cc21. The number of hydrogen-bond acceptors (Lipinski definition) is 2. The normalized spacial score (nSPS) is 19.9. The fourth-order valence-electron chi connectivity index (χ4n) is 4.86. The predicted octanol–water partition coefficient (Wildman–Crippen LogP) is 6.60. The van der Waals surface area contributed by atoms with Crippen LogP contribution in [0.15, 0.2) is 84.9 Å². The van der Waals surface area contributed by atoms with Crippen LogP contribution in [-0.2, 0) is 9.78 Å². The minimum Gasteiger partial charge on any atom is -0.223 e. The van der Waals surface area contributed by atoms with E-state index in [0.717, 1.165) is 0 Å². The number of rotatable bonds is 0. The highest BCUT2D eigenvalue weighted by atomic mass is 17.2. The van der Waals surface area contributed by atoms with Crippen LogP contribution < -0.4 is 0 Å². The third-order valence-corrected chi connectivity index (χ3v) is 6.24. The Morgan fingerprint density at radius 3 is 1.11 bits per heavy atom. The molecule has 0 saturated heterocycles. The molecule has 0 N–H and O–H groups in total. The zero-order valence-corrected chi connectivity index (χ0v) is 15.1. The van der Waals surface area contributed by atoms with Gasteiger partial charge in [-0.2, -0.15) is 0 Å². The maximum Gasteiger partial charge on any atom is 0.144 e. The smallest absolute Gasteiger partial charge is 0.144 e. The lowest BCUT2D eigenvalue weighted by molar-refractivity contribution is -0.360. The topological polar surface area (TPSA) is 18.5 Å². The molecule has 5 aromatic carbocycles. The minimum absolute atomic E-state index is 0.171. The molecule has 2 atom stereocenters. The molecule has 2 heteroatoms. The molecule has 0 saturated carbocycles. The predicted molar refractivity (Wildman–Crippen MR) is 111 cm³/mol. The van der Waals surface area contributed by atoms with Crippen LogP contribution >= 0.6 is 0 Å². The van der Waals surface area contributed by atoms with Crippen LogP contribution in [0.25, 0.3) is 32.3 Å². The molecule has 8 rings (SSSR count). The second kappa shape index (κ2) is 5.20. The highest BCUT2D eigenvalue weighted by Crippen LogP contribution is 2.51. The fourth-order valence-corrected chi connectivity index (χ4v) is 4.86. The van der Waals surface area contributed by atoms with Crippen LogP contribution in [0.4, 0.5) is 0 Å². The van der Waals surface area contributed by atoms with Crippen molar-refractivity contribution in [3.8, 4) is 0 Å². The summed E-state index contributed by atoms with van der Waals surface area (Å²) in [5.41, 5.74) is 4.90. The Hall–Kier alpha value is -3.20. The van der Waals surface area contributed by atoms with Crippen LogP contribution in [0, 0.1) is 0 Å². The van der Waals surface area contributed by atoms with Crippen molar-refractivity contribution in [2.24, 2.45) is 0 Å². The van der Waals surface area contributed by atoms with E-state index < -0.39 is 0 Å². The van der Waals surface area contributed by atoms with Gasteiger partial charge in [0.1, 0.15) is 12.2 Å². The Balaban J connectivity index is 1.52. The number of hydrogen-bond donors (Lipinski definition) is 0. The van der Waals surface area contributed by atoms with Gasteiger partial charge in [0, 0.05) is 0 Å². The van der Waals surface area contributed by atoms with E-state index in [1.54, 1.807) is 0 Å². The largest absolute Gasteiger partial charge is 0.223 e. The molecular weight excluding hydrogens is 344 g/mol. The zero-order chi connectivity index (χ0) is 18.2. The molecule has 0 amide bonds. The Morgan fingerprint density at radius 2 is 0.714 bits per heavy atom. The van der Waals surface area contributed by atoms with Crippen molar-refractivity contribution in [3.63, 3.8) is 0 Å². The van der Waals surface area contributed by atoms with Crippen LogP contribution in [0.1, 0.15) is 34.5 Å². The summed E-state index contributed by atoms with van der Waals surface area (Å²) in [5.74, 6) is 0. The summed E-state index contributed by atoms with van der Waals surface area (Å²) < 4.78 is 0. The molecule has 2 heterocycles. The fraction of sp³-hybridized carbons (Fsp3) is 0.0769. The summed E-state index contributed by atoms with van der Waals surface area (Å²) in [4.78, 5) is 11.6. The van der Waals surface area contributed by atoms with E-state index in [4.69, 9.17) is 9.78 Å². The summed E-state index contributed by atoms with van der Waals surface area (Å²) in [6, 6.07) is 30.6. The van der Waals surface area contributed by atoms with Gasteiger partial charge in [0.15, 0.2) is 0 Å². The van der Waals surface area contributed by atoms with E-state index in [2.05, 4.69) is 84.9 Å². The summed E-state index contributed by atoms with van der Waals surface area (Å²) in [6.45, 7) is 0. The Morgan fingerprint density at radius 1 is 0.393 bits per heavy atom. The first-order valence-corrected chi connectivity index (χ1v) is 9.66. The molecule has 2 bridgehead atoms. The monoisotopic (exact) mass is 360 g/mol. The van der Waals surface area contributed by atoms with Crippen molar-refractivity contribution in [2.75, 3.05) is 0 Å². The average Bonchev–Trinajstić information content (AvgIpc) is 2.75. The van der Waals surface area contributed by atoms with Crippen LogP contribution in [0.5, 0.6) is 0 Å². The molecule has 2 aliphatic heterocycles. The van der Waals surface area contributed by atoms with Gasteiger partial charge < -0.3 is 0 Å². The zero-order valence-electron chi connectivity index (χ0n) is 15.1. The second-order valence-corrected chi connectivity index (χ2v) is 7.81. The summed E-state index contributed by atoms with van der Waals surface area (Å²) in [5, 5.41) is 7.50. The van der Waals surface area contributed by atoms with Gasteiger partial charge in [-0.3, -0.25) is 0 Å². The van der Waals surface area contributed by atoms with E-state index in [1.165, 1.54) is 54.6 Å². The van der Waals surface area contributed by atoms with Crippen molar-refractivity contribution in [2.45, 2.75) is 12.2 Å². The lowest BCUT2D eigenvalue weighted by Crippen LogP contribution is -2.28. The van der Waals surface area contributed by atoms with Crippen molar-refractivity contribution in [1.82, 2.24) is 0 Å². The molecule has 0 fully saturated rings. The summed E-state index contributed by atoms with van der Waals surface area (Å²) >= 11 is 0. The standard InChI is InChI=1S/C26H16O2/c1-2-6-16-10-20-14-24-23(13-19(20)9-15(16)5-1)25-21-11-17-7-3-4-8-18(17)12-22(21)26(24)28-27-25/h1-14,25-26H. The number of fused-ring (bicyclic) bond motifs is 4. The van der Waals surface area contributed by atoms with Gasteiger partial charge in [-0.05, 0) is 91.0 Å². The molecule has 0 spiro atoms. The molecule has 1 aliphatic carbocycles. The molecule has 2 unspecified atom stereocenters. The second-order valence-electron chi connectivity index (χ2n) is 7.81. The van der Waals surface area contributed by atoms with Crippen molar-refractivity contribution < 1.29 is 9.78 Å². The molecule has 0 aromatic heterocycles. The molecule has 3 aliphatic rings. The van der Waals surface area contributed by atoms with Gasteiger partial charge in [-0.25, -0.2) is 9.78 Å². The van der Waals surface area contributed by atoms with E-state index >= 15 is 0 Å². The third-order valence-electron chi connectivity index (χ3n) is 6.24. The Labute approximate surface area is 161 Å². The minimum atomic E-state index is -0.171. The molecular formula is C26H16O2. The molecule has 5 aromatic rings. The van der Waals surface area contributed by atoms with Crippen molar-refractivity contribution in [3.05, 3.63) is 107 Å². The third kappa shape index (κ3) is 1.89. The van der Waals surface area contributed by atoms with Crippen LogP contribution in [0.3, 0.4) is 0 Å². The first-order valence-electron chi connectivity index (χ1n) is 9.66. The van der Waals surface area contributed by atoms with Gasteiger partial charge in [-0.1, -0.05) is 48.5 Å². The van der Waals surface area contributed by atoms with Crippen LogP contribution in [-0.4, -0.2) is 0 Å². The van der Waals surface area contributed by atoms with Crippen molar-refractivity contribution >= 4 is 32.3 Å². The average molecular weight is 360 g/mol. The van der Waals surface area contributed by atoms with Crippen LogP contribution in [0.2, 0.25) is 0 Å². The van der Waals surface area contributed by atoms with Gasteiger partial charge >= 0.3 is 0 Å². The van der Waals surface area contributed by atoms with Gasteiger partial charge in [0.2, 0.25) is 0 Å². The lowest BCUT2D eigenvalue weighted by Gasteiger charge is -2.39. The van der Waals surface area contributed by atoms with Crippen molar-refractivity contribution in [1.29, 1.82) is 0 Å². The summed E-state index contributed by atoms with van der Waals surface area (Å²) in [6.07, 6.45) is -0.342.